The van der Waals surface area contributed by atoms with Crippen LogP contribution in [0.4, 0.5) is 0 Å². The van der Waals surface area contributed by atoms with Gasteiger partial charge >= 0.3 is 0 Å². The van der Waals surface area contributed by atoms with Gasteiger partial charge in [-0.1, -0.05) is 6.42 Å². The molecular weight excluding hydrogens is 236 g/mol. The second-order valence-electron chi connectivity index (χ2n) is 5.13. The highest BCUT2D eigenvalue weighted by Gasteiger charge is 2.29. The minimum Gasteiger partial charge on any atom is -0.300 e. The molecule has 2 fully saturated rings. The Hall–Kier alpha value is -0.130. The van der Waals surface area contributed by atoms with Gasteiger partial charge in [0.05, 0.1) is 5.75 Å². The minimum absolute atomic E-state index is 0.237. The van der Waals surface area contributed by atoms with Crippen molar-refractivity contribution < 1.29 is 8.42 Å². The Labute approximate surface area is 105 Å². The zero-order valence-electron chi connectivity index (χ0n) is 10.8. The molecule has 0 unspecified atom stereocenters. The summed E-state index contributed by atoms with van der Waals surface area (Å²) < 4.78 is 25.2. The topological polar surface area (TPSA) is 40.6 Å². The van der Waals surface area contributed by atoms with Crippen LogP contribution in [0.25, 0.3) is 0 Å². The fourth-order valence-electron chi connectivity index (χ4n) is 2.95. The standard InChI is InChI=1S/C12H24N2O2S/c1-2-17(15,16)14-10-6-12(7-11-14)13-8-4-3-5-9-13/h12H,2-11H2,1H3. The third kappa shape index (κ3) is 3.20. The molecule has 2 aliphatic rings. The largest absolute Gasteiger partial charge is 0.300 e. The van der Waals surface area contributed by atoms with Gasteiger partial charge in [0.1, 0.15) is 0 Å². The molecule has 0 atom stereocenters. The van der Waals surface area contributed by atoms with Crippen LogP contribution in [-0.4, -0.2) is 55.6 Å². The first-order valence-electron chi connectivity index (χ1n) is 6.85. The van der Waals surface area contributed by atoms with Crippen molar-refractivity contribution in [2.24, 2.45) is 0 Å². The summed E-state index contributed by atoms with van der Waals surface area (Å²) in [7, 11) is -2.96. The summed E-state index contributed by atoms with van der Waals surface area (Å²) in [6, 6.07) is 0.624. The fraction of sp³-hybridized carbons (Fsp3) is 1.00. The summed E-state index contributed by atoms with van der Waals surface area (Å²) in [4.78, 5) is 2.57. The van der Waals surface area contributed by atoms with E-state index in [9.17, 15) is 8.42 Å². The van der Waals surface area contributed by atoms with Crippen LogP contribution in [0, 0.1) is 0 Å². The molecule has 0 aliphatic carbocycles. The molecule has 0 aromatic rings. The Morgan fingerprint density at radius 1 is 1.00 bits per heavy atom. The van der Waals surface area contributed by atoms with Crippen molar-refractivity contribution in [3.8, 4) is 0 Å². The van der Waals surface area contributed by atoms with Gasteiger partial charge in [-0.05, 0) is 45.7 Å². The first-order chi connectivity index (χ1) is 8.13. The maximum absolute atomic E-state index is 11.7. The monoisotopic (exact) mass is 260 g/mol. The molecule has 0 aromatic heterocycles. The van der Waals surface area contributed by atoms with Crippen molar-refractivity contribution >= 4 is 10.0 Å². The lowest BCUT2D eigenvalue weighted by molar-refractivity contribution is 0.118. The number of hydrogen-bond donors (Lipinski definition) is 0. The first-order valence-corrected chi connectivity index (χ1v) is 8.46. The van der Waals surface area contributed by atoms with Gasteiger partial charge in [-0.3, -0.25) is 0 Å². The van der Waals surface area contributed by atoms with Gasteiger partial charge in [-0.2, -0.15) is 0 Å². The molecule has 4 nitrogen and oxygen atoms in total. The van der Waals surface area contributed by atoms with Gasteiger partial charge in [0.2, 0.25) is 10.0 Å². The van der Waals surface area contributed by atoms with E-state index in [-0.39, 0.29) is 5.75 Å². The summed E-state index contributed by atoms with van der Waals surface area (Å²) in [6.07, 6.45) is 6.01. The molecule has 0 aromatic carbocycles. The zero-order chi connectivity index (χ0) is 12.3. The summed E-state index contributed by atoms with van der Waals surface area (Å²) >= 11 is 0. The predicted molar refractivity (Wildman–Crippen MR) is 69.5 cm³/mol. The molecule has 2 heterocycles. The van der Waals surface area contributed by atoms with Gasteiger partial charge in [0.15, 0.2) is 0 Å². The summed E-state index contributed by atoms with van der Waals surface area (Å²) in [5.41, 5.74) is 0. The van der Waals surface area contributed by atoms with E-state index in [0.717, 1.165) is 25.9 Å². The average Bonchev–Trinajstić information content (AvgIpc) is 2.40. The molecule has 100 valence electrons. The summed E-state index contributed by atoms with van der Waals surface area (Å²) in [5.74, 6) is 0.237. The van der Waals surface area contributed by atoms with Crippen LogP contribution in [0.15, 0.2) is 0 Å². The van der Waals surface area contributed by atoms with Gasteiger partial charge in [0, 0.05) is 19.1 Å². The lowest BCUT2D eigenvalue weighted by Crippen LogP contribution is -2.48. The third-order valence-corrected chi connectivity index (χ3v) is 5.97. The Kier molecular flexibility index (Phi) is 4.44. The molecule has 0 N–H and O–H groups in total. The first kappa shape index (κ1) is 13.3. The number of hydrogen-bond acceptors (Lipinski definition) is 3. The van der Waals surface area contributed by atoms with Crippen molar-refractivity contribution in [3.63, 3.8) is 0 Å². The van der Waals surface area contributed by atoms with E-state index in [1.54, 1.807) is 11.2 Å². The van der Waals surface area contributed by atoms with Crippen LogP contribution < -0.4 is 0 Å². The Morgan fingerprint density at radius 3 is 2.12 bits per heavy atom. The van der Waals surface area contributed by atoms with Crippen LogP contribution >= 0.6 is 0 Å². The van der Waals surface area contributed by atoms with Crippen LogP contribution in [0.3, 0.4) is 0 Å². The highest BCUT2D eigenvalue weighted by atomic mass is 32.2. The van der Waals surface area contributed by atoms with Gasteiger partial charge < -0.3 is 4.90 Å². The van der Waals surface area contributed by atoms with Gasteiger partial charge in [0.25, 0.3) is 0 Å². The molecule has 0 amide bonds. The molecule has 5 heteroatoms. The molecule has 0 saturated carbocycles. The maximum atomic E-state index is 11.7. The average molecular weight is 260 g/mol. The fourth-order valence-corrected chi connectivity index (χ4v) is 4.08. The van der Waals surface area contributed by atoms with Crippen molar-refractivity contribution in [2.75, 3.05) is 31.9 Å². The molecule has 0 radical (unpaired) electrons. The van der Waals surface area contributed by atoms with E-state index in [4.69, 9.17) is 0 Å². The SMILES string of the molecule is CCS(=O)(=O)N1CCC(N2CCCCC2)CC1. The van der Waals surface area contributed by atoms with Crippen molar-refractivity contribution in [1.82, 2.24) is 9.21 Å². The van der Waals surface area contributed by atoms with Crippen molar-refractivity contribution in [2.45, 2.75) is 45.1 Å². The number of piperidine rings is 2. The van der Waals surface area contributed by atoms with Crippen LogP contribution in [0.2, 0.25) is 0 Å². The summed E-state index contributed by atoms with van der Waals surface area (Å²) in [5, 5.41) is 0. The molecule has 2 aliphatic heterocycles. The smallest absolute Gasteiger partial charge is 0.213 e. The lowest BCUT2D eigenvalue weighted by atomic mass is 10.0. The van der Waals surface area contributed by atoms with Gasteiger partial charge in [-0.25, -0.2) is 12.7 Å². The highest BCUT2D eigenvalue weighted by Crippen LogP contribution is 2.22. The van der Waals surface area contributed by atoms with Crippen LogP contribution in [-0.2, 0) is 10.0 Å². The predicted octanol–water partition coefficient (Wildman–Crippen LogP) is 1.29. The van der Waals surface area contributed by atoms with Gasteiger partial charge in [-0.15, -0.1) is 0 Å². The summed E-state index contributed by atoms with van der Waals surface area (Å²) in [6.45, 7) is 5.59. The van der Waals surface area contributed by atoms with Crippen LogP contribution in [0.1, 0.15) is 39.0 Å². The molecule has 17 heavy (non-hydrogen) atoms. The van der Waals surface area contributed by atoms with E-state index in [0.29, 0.717) is 6.04 Å². The Balaban J connectivity index is 1.85. The Bertz CT molecular complexity index is 328. The lowest BCUT2D eigenvalue weighted by Gasteiger charge is -2.39. The molecule has 0 bridgehead atoms. The zero-order valence-corrected chi connectivity index (χ0v) is 11.6. The second-order valence-corrected chi connectivity index (χ2v) is 7.38. The third-order valence-electron chi connectivity index (χ3n) is 4.09. The second kappa shape index (κ2) is 5.67. The van der Waals surface area contributed by atoms with E-state index in [2.05, 4.69) is 4.90 Å². The molecule has 2 rings (SSSR count). The van der Waals surface area contributed by atoms with Crippen LogP contribution in [0.5, 0.6) is 0 Å². The van der Waals surface area contributed by atoms with E-state index in [1.165, 1.54) is 32.4 Å². The quantitative estimate of drug-likeness (QED) is 0.767. The molecule has 2 saturated heterocycles. The van der Waals surface area contributed by atoms with E-state index >= 15 is 0 Å². The minimum atomic E-state index is -2.96. The maximum Gasteiger partial charge on any atom is 0.213 e. The number of nitrogens with zero attached hydrogens (tertiary/aromatic N) is 2. The number of likely N-dealkylation sites (tertiary alicyclic amines) is 1. The van der Waals surface area contributed by atoms with E-state index in [1.807, 2.05) is 0 Å². The van der Waals surface area contributed by atoms with Crippen molar-refractivity contribution in [3.05, 3.63) is 0 Å². The van der Waals surface area contributed by atoms with E-state index < -0.39 is 10.0 Å². The molecular formula is C12H24N2O2S. The normalized spacial score (nSPS) is 26.2. The molecule has 0 spiro atoms. The number of rotatable bonds is 3. The number of sulfonamides is 1. The van der Waals surface area contributed by atoms with Crippen molar-refractivity contribution in [1.29, 1.82) is 0 Å². The Morgan fingerprint density at radius 2 is 1.59 bits per heavy atom. The highest BCUT2D eigenvalue weighted by molar-refractivity contribution is 7.89.